The molecular weight excluding hydrogens is 423 g/mol. The zero-order valence-electron chi connectivity index (χ0n) is 13.7. The van der Waals surface area contributed by atoms with E-state index in [1.165, 1.54) is 50.4 Å². The van der Waals surface area contributed by atoms with Crippen molar-refractivity contribution in [3.63, 3.8) is 0 Å². The number of hydrogen-bond acceptors (Lipinski definition) is 4. The van der Waals surface area contributed by atoms with Gasteiger partial charge in [0.1, 0.15) is 10.6 Å². The second kappa shape index (κ2) is 8.45. The summed E-state index contributed by atoms with van der Waals surface area (Å²) in [4.78, 5) is 12.1. The number of sulfonamides is 1. The molecule has 1 atom stereocenters. The van der Waals surface area contributed by atoms with Gasteiger partial charge in [0, 0.05) is 20.8 Å². The lowest BCUT2D eigenvalue weighted by atomic mass is 10.3. The Labute approximate surface area is 166 Å². The van der Waals surface area contributed by atoms with E-state index in [9.17, 15) is 13.2 Å². The van der Waals surface area contributed by atoms with Crippen LogP contribution in [0.5, 0.6) is 5.75 Å². The molecular formula is C16H15Cl3N2O4S. The number of carbonyl (C=O) groups excluding carboxylic acids is 1. The molecule has 0 aliphatic heterocycles. The summed E-state index contributed by atoms with van der Waals surface area (Å²) in [6, 6.07) is 7.58. The van der Waals surface area contributed by atoms with Crippen LogP contribution in [0, 0.1) is 0 Å². The Bertz CT molecular complexity index is 915. The van der Waals surface area contributed by atoms with E-state index in [0.29, 0.717) is 15.7 Å². The van der Waals surface area contributed by atoms with Crippen LogP contribution in [0.3, 0.4) is 0 Å². The van der Waals surface area contributed by atoms with Crippen LogP contribution in [0.25, 0.3) is 0 Å². The first-order valence-corrected chi connectivity index (χ1v) is 9.87. The van der Waals surface area contributed by atoms with Gasteiger partial charge in [-0.15, -0.1) is 0 Å². The smallest absolute Gasteiger partial charge is 0.245 e. The lowest BCUT2D eigenvalue weighted by molar-refractivity contribution is -0.117. The maximum atomic E-state index is 12.6. The average Bonchev–Trinajstić information content (AvgIpc) is 2.53. The Kier molecular flexibility index (Phi) is 6.76. The maximum Gasteiger partial charge on any atom is 0.245 e. The summed E-state index contributed by atoms with van der Waals surface area (Å²) in [5.41, 5.74) is 0.346. The van der Waals surface area contributed by atoms with Gasteiger partial charge in [0.05, 0.1) is 13.2 Å². The lowest BCUT2D eigenvalue weighted by Crippen LogP contribution is -2.41. The molecule has 2 rings (SSSR count). The predicted molar refractivity (Wildman–Crippen MR) is 103 cm³/mol. The summed E-state index contributed by atoms with van der Waals surface area (Å²) >= 11 is 17.6. The molecule has 0 aliphatic rings. The Morgan fingerprint density at radius 1 is 1.04 bits per heavy atom. The van der Waals surface area contributed by atoms with Crippen LogP contribution in [-0.4, -0.2) is 27.5 Å². The van der Waals surface area contributed by atoms with Crippen molar-refractivity contribution < 1.29 is 17.9 Å². The predicted octanol–water partition coefficient (Wildman–Crippen LogP) is 3.96. The summed E-state index contributed by atoms with van der Waals surface area (Å²) in [5, 5.41) is 3.44. The minimum absolute atomic E-state index is 0.108. The van der Waals surface area contributed by atoms with Crippen LogP contribution < -0.4 is 14.8 Å². The number of rotatable bonds is 6. The number of ether oxygens (including phenoxy) is 1. The molecule has 140 valence electrons. The van der Waals surface area contributed by atoms with Gasteiger partial charge in [-0.05, 0) is 43.3 Å². The first-order valence-electron chi connectivity index (χ1n) is 7.25. The highest BCUT2D eigenvalue weighted by molar-refractivity contribution is 7.89. The average molecular weight is 438 g/mol. The number of amides is 1. The third kappa shape index (κ3) is 5.25. The number of carbonyl (C=O) groups is 1. The molecule has 0 spiro atoms. The Balaban J connectivity index is 2.18. The standard InChI is InChI=1S/C16H15Cl3N2O4S/c1-9(16(22)20-13-6-11(18)5-12(19)7-13)21-26(23,24)15-8-10(17)3-4-14(15)25-2/h3-9,21H,1-2H3,(H,20,22)/t9-/m0/s1. The fourth-order valence-corrected chi connectivity index (χ4v) is 4.25. The molecule has 0 bridgehead atoms. The minimum Gasteiger partial charge on any atom is -0.495 e. The van der Waals surface area contributed by atoms with Crippen LogP contribution in [0.4, 0.5) is 5.69 Å². The topological polar surface area (TPSA) is 84.5 Å². The van der Waals surface area contributed by atoms with Crippen molar-refractivity contribution in [3.8, 4) is 5.75 Å². The zero-order valence-corrected chi connectivity index (χ0v) is 16.8. The van der Waals surface area contributed by atoms with Crippen LogP contribution in [0.1, 0.15) is 6.92 Å². The highest BCUT2D eigenvalue weighted by atomic mass is 35.5. The fourth-order valence-electron chi connectivity index (χ4n) is 2.09. The third-order valence-corrected chi connectivity index (χ3v) is 5.50. The van der Waals surface area contributed by atoms with Crippen molar-refractivity contribution in [1.82, 2.24) is 4.72 Å². The Morgan fingerprint density at radius 2 is 1.65 bits per heavy atom. The number of anilines is 1. The van der Waals surface area contributed by atoms with Crippen LogP contribution in [0.2, 0.25) is 15.1 Å². The van der Waals surface area contributed by atoms with Crippen molar-refractivity contribution in [1.29, 1.82) is 0 Å². The summed E-state index contributed by atoms with van der Waals surface area (Å²) in [7, 11) is -2.72. The molecule has 0 aliphatic carbocycles. The minimum atomic E-state index is -4.05. The van der Waals surface area contributed by atoms with Gasteiger partial charge in [0.2, 0.25) is 15.9 Å². The summed E-state index contributed by atoms with van der Waals surface area (Å²) in [6.45, 7) is 1.40. The monoisotopic (exact) mass is 436 g/mol. The van der Waals surface area contributed by atoms with Gasteiger partial charge >= 0.3 is 0 Å². The van der Waals surface area contributed by atoms with Crippen molar-refractivity contribution in [3.05, 3.63) is 51.5 Å². The van der Waals surface area contributed by atoms with Crippen molar-refractivity contribution >= 4 is 56.4 Å². The van der Waals surface area contributed by atoms with Crippen LogP contribution >= 0.6 is 34.8 Å². The normalized spacial score (nSPS) is 12.5. The van der Waals surface area contributed by atoms with Crippen molar-refractivity contribution in [2.45, 2.75) is 17.9 Å². The van der Waals surface area contributed by atoms with E-state index in [-0.39, 0.29) is 15.7 Å². The molecule has 6 nitrogen and oxygen atoms in total. The van der Waals surface area contributed by atoms with Gasteiger partial charge in [-0.25, -0.2) is 8.42 Å². The summed E-state index contributed by atoms with van der Waals surface area (Å²) in [5.74, 6) is -0.482. The lowest BCUT2D eigenvalue weighted by Gasteiger charge is -2.16. The van der Waals surface area contributed by atoms with E-state index in [1.807, 2.05) is 0 Å². The van der Waals surface area contributed by atoms with Crippen molar-refractivity contribution in [2.24, 2.45) is 0 Å². The molecule has 2 N–H and O–H groups in total. The quantitative estimate of drug-likeness (QED) is 0.716. The summed E-state index contributed by atoms with van der Waals surface area (Å²) in [6.07, 6.45) is 0. The molecule has 2 aromatic carbocycles. The number of nitrogens with one attached hydrogen (secondary N) is 2. The highest BCUT2D eigenvalue weighted by Gasteiger charge is 2.25. The third-order valence-electron chi connectivity index (χ3n) is 3.27. The van der Waals surface area contributed by atoms with E-state index in [1.54, 1.807) is 0 Å². The number of hydrogen-bond donors (Lipinski definition) is 2. The number of methoxy groups -OCH3 is 1. The molecule has 0 heterocycles. The second-order valence-electron chi connectivity index (χ2n) is 5.29. The second-order valence-corrected chi connectivity index (χ2v) is 8.28. The number of halogens is 3. The van der Waals surface area contributed by atoms with Crippen molar-refractivity contribution in [2.75, 3.05) is 12.4 Å². The summed E-state index contributed by atoms with van der Waals surface area (Å²) < 4.78 is 32.5. The van der Waals surface area contributed by atoms with E-state index >= 15 is 0 Å². The number of benzene rings is 2. The molecule has 0 saturated carbocycles. The maximum absolute atomic E-state index is 12.6. The largest absolute Gasteiger partial charge is 0.495 e. The zero-order chi connectivity index (χ0) is 19.5. The van der Waals surface area contributed by atoms with Crippen LogP contribution in [0.15, 0.2) is 41.3 Å². The van der Waals surface area contributed by atoms with Gasteiger partial charge in [-0.3, -0.25) is 4.79 Å². The molecule has 0 radical (unpaired) electrons. The van der Waals surface area contributed by atoms with Gasteiger partial charge in [-0.1, -0.05) is 34.8 Å². The molecule has 10 heteroatoms. The van der Waals surface area contributed by atoms with Gasteiger partial charge in [0.15, 0.2) is 0 Å². The van der Waals surface area contributed by atoms with Crippen LogP contribution in [-0.2, 0) is 14.8 Å². The molecule has 1 amide bonds. The van der Waals surface area contributed by atoms with Gasteiger partial charge < -0.3 is 10.1 Å². The van der Waals surface area contributed by atoms with E-state index < -0.39 is 22.0 Å². The molecule has 0 unspecified atom stereocenters. The van der Waals surface area contributed by atoms with Gasteiger partial charge in [0.25, 0.3) is 0 Å². The Morgan fingerprint density at radius 3 is 2.23 bits per heavy atom. The first-order chi connectivity index (χ1) is 12.1. The fraction of sp³-hybridized carbons (Fsp3) is 0.188. The van der Waals surface area contributed by atoms with E-state index in [4.69, 9.17) is 39.5 Å². The molecule has 26 heavy (non-hydrogen) atoms. The molecule has 0 fully saturated rings. The van der Waals surface area contributed by atoms with Gasteiger partial charge in [-0.2, -0.15) is 4.72 Å². The molecule has 0 saturated heterocycles. The SMILES string of the molecule is COc1ccc(Cl)cc1S(=O)(=O)N[C@@H](C)C(=O)Nc1cc(Cl)cc(Cl)c1. The first kappa shape index (κ1) is 20.8. The Hall–Kier alpha value is -1.51. The van der Waals surface area contributed by atoms with E-state index in [2.05, 4.69) is 10.0 Å². The molecule has 0 aromatic heterocycles. The highest BCUT2D eigenvalue weighted by Crippen LogP contribution is 2.27. The molecule has 2 aromatic rings. The van der Waals surface area contributed by atoms with E-state index in [0.717, 1.165) is 0 Å².